The van der Waals surface area contributed by atoms with Crippen LogP contribution in [0.25, 0.3) is 0 Å². The number of rotatable bonds is 3. The molecule has 0 fully saturated rings. The van der Waals surface area contributed by atoms with Crippen LogP contribution in [-0.4, -0.2) is 10.9 Å². The van der Waals surface area contributed by atoms with Crippen LogP contribution in [0.4, 0.5) is 0 Å². The molecule has 0 saturated carbocycles. The van der Waals surface area contributed by atoms with Crippen LogP contribution >= 0.6 is 38.9 Å². The van der Waals surface area contributed by atoms with Gasteiger partial charge in [-0.05, 0) is 48.0 Å². The predicted molar refractivity (Wildman–Crippen MR) is 81.8 cm³/mol. The summed E-state index contributed by atoms with van der Waals surface area (Å²) in [6.45, 7) is 3.83. The molecule has 100 valence electrons. The van der Waals surface area contributed by atoms with Gasteiger partial charge in [0, 0.05) is 10.7 Å². The molecule has 0 bridgehead atoms. The minimum atomic E-state index is -0.547. The molecule has 6 heteroatoms. The summed E-state index contributed by atoms with van der Waals surface area (Å²) >= 11 is 10.5. The standard InChI is InChI=1S/C13H12BrClN2OS/c1-13(2,9-5-3-4-6-16-9)17-12(18)11-8(14)7-10(15)19-11/h3-7H,1-2H3,(H,17,18). The number of amides is 1. The third-order valence-corrected chi connectivity index (χ3v) is 4.74. The monoisotopic (exact) mass is 358 g/mol. The number of carbonyl (C=O) groups excluding carboxylic acids is 1. The van der Waals surface area contributed by atoms with Gasteiger partial charge in [-0.2, -0.15) is 0 Å². The van der Waals surface area contributed by atoms with Gasteiger partial charge in [0.2, 0.25) is 0 Å². The lowest BCUT2D eigenvalue weighted by Gasteiger charge is -2.25. The van der Waals surface area contributed by atoms with Crippen molar-refractivity contribution in [3.8, 4) is 0 Å². The van der Waals surface area contributed by atoms with E-state index in [2.05, 4.69) is 26.2 Å². The second-order valence-electron chi connectivity index (χ2n) is 4.52. The van der Waals surface area contributed by atoms with Gasteiger partial charge < -0.3 is 5.32 Å². The van der Waals surface area contributed by atoms with E-state index >= 15 is 0 Å². The number of hydrogen-bond donors (Lipinski definition) is 1. The van der Waals surface area contributed by atoms with Crippen molar-refractivity contribution in [1.82, 2.24) is 10.3 Å². The third kappa shape index (κ3) is 3.35. The van der Waals surface area contributed by atoms with Crippen LogP contribution in [0.3, 0.4) is 0 Å². The number of halogens is 2. The average molecular weight is 360 g/mol. The molecule has 2 aromatic heterocycles. The number of nitrogens with zero attached hydrogens (tertiary/aromatic N) is 1. The number of hydrogen-bond acceptors (Lipinski definition) is 3. The first-order valence-corrected chi connectivity index (χ1v) is 7.58. The van der Waals surface area contributed by atoms with E-state index in [1.54, 1.807) is 12.3 Å². The highest BCUT2D eigenvalue weighted by Gasteiger charge is 2.26. The summed E-state index contributed by atoms with van der Waals surface area (Å²) in [7, 11) is 0. The van der Waals surface area contributed by atoms with E-state index in [1.165, 1.54) is 11.3 Å². The zero-order valence-electron chi connectivity index (χ0n) is 10.4. The lowest BCUT2D eigenvalue weighted by atomic mass is 10.00. The van der Waals surface area contributed by atoms with Crippen LogP contribution in [0.15, 0.2) is 34.9 Å². The number of thiophene rings is 1. The summed E-state index contributed by atoms with van der Waals surface area (Å²) in [4.78, 5) is 17.1. The zero-order chi connectivity index (χ0) is 14.0. The first kappa shape index (κ1) is 14.5. The lowest BCUT2D eigenvalue weighted by Crippen LogP contribution is -2.41. The summed E-state index contributed by atoms with van der Waals surface area (Å²) < 4.78 is 1.28. The molecule has 0 atom stereocenters. The molecule has 0 aliphatic carbocycles. The van der Waals surface area contributed by atoms with Crippen molar-refractivity contribution in [1.29, 1.82) is 0 Å². The summed E-state index contributed by atoms with van der Waals surface area (Å²) in [6.07, 6.45) is 1.71. The maximum atomic E-state index is 12.3. The van der Waals surface area contributed by atoms with Crippen LogP contribution < -0.4 is 5.32 Å². The van der Waals surface area contributed by atoms with Crippen LogP contribution in [0.2, 0.25) is 4.34 Å². The van der Waals surface area contributed by atoms with E-state index in [4.69, 9.17) is 11.6 Å². The Kier molecular flexibility index (Phi) is 4.28. The molecule has 2 aromatic rings. The summed E-state index contributed by atoms with van der Waals surface area (Å²) in [6, 6.07) is 7.34. The number of aromatic nitrogens is 1. The Bertz CT molecular complexity index is 598. The number of carbonyl (C=O) groups is 1. The van der Waals surface area contributed by atoms with Crippen LogP contribution in [0.5, 0.6) is 0 Å². The van der Waals surface area contributed by atoms with Gasteiger partial charge >= 0.3 is 0 Å². The first-order valence-electron chi connectivity index (χ1n) is 5.59. The van der Waals surface area contributed by atoms with Crippen molar-refractivity contribution in [3.05, 3.63) is 49.8 Å². The fourth-order valence-corrected chi connectivity index (χ4v) is 3.58. The van der Waals surface area contributed by atoms with Gasteiger partial charge in [-0.15, -0.1) is 11.3 Å². The molecule has 1 N–H and O–H groups in total. The van der Waals surface area contributed by atoms with E-state index in [-0.39, 0.29) is 5.91 Å². The Labute approximate surface area is 129 Å². The average Bonchev–Trinajstić information content (AvgIpc) is 2.69. The van der Waals surface area contributed by atoms with Gasteiger partial charge in [0.25, 0.3) is 5.91 Å². The second kappa shape index (κ2) is 5.61. The maximum absolute atomic E-state index is 12.3. The van der Waals surface area contributed by atoms with Gasteiger partial charge in [0.15, 0.2) is 0 Å². The highest BCUT2D eigenvalue weighted by molar-refractivity contribution is 9.10. The van der Waals surface area contributed by atoms with Gasteiger partial charge in [-0.1, -0.05) is 17.7 Å². The molecule has 3 nitrogen and oxygen atoms in total. The topological polar surface area (TPSA) is 42.0 Å². The first-order chi connectivity index (χ1) is 8.90. The minimum absolute atomic E-state index is 0.167. The molecule has 0 aliphatic rings. The highest BCUT2D eigenvalue weighted by Crippen LogP contribution is 2.31. The van der Waals surface area contributed by atoms with E-state index in [0.29, 0.717) is 13.7 Å². The Hall–Kier alpha value is -0.910. The molecule has 0 radical (unpaired) electrons. The Morgan fingerprint density at radius 1 is 1.47 bits per heavy atom. The fourth-order valence-electron chi connectivity index (χ4n) is 1.63. The third-order valence-electron chi connectivity index (χ3n) is 2.59. The Morgan fingerprint density at radius 3 is 2.74 bits per heavy atom. The maximum Gasteiger partial charge on any atom is 0.263 e. The minimum Gasteiger partial charge on any atom is -0.341 e. The van der Waals surface area contributed by atoms with Crippen molar-refractivity contribution in [3.63, 3.8) is 0 Å². The Morgan fingerprint density at radius 2 is 2.21 bits per heavy atom. The molecular weight excluding hydrogens is 348 g/mol. The fraction of sp³-hybridized carbons (Fsp3) is 0.231. The molecular formula is C13H12BrClN2OS. The van der Waals surface area contributed by atoms with Gasteiger partial charge in [-0.3, -0.25) is 9.78 Å². The van der Waals surface area contributed by atoms with E-state index in [9.17, 15) is 4.79 Å². The molecule has 1 amide bonds. The SMILES string of the molecule is CC(C)(NC(=O)c1sc(Cl)cc1Br)c1ccccn1. The van der Waals surface area contributed by atoms with Gasteiger partial charge in [-0.25, -0.2) is 0 Å². The number of nitrogens with one attached hydrogen (secondary N) is 1. The second-order valence-corrected chi connectivity index (χ2v) is 7.06. The normalized spacial score (nSPS) is 11.4. The smallest absolute Gasteiger partial charge is 0.263 e. The predicted octanol–water partition coefficient (Wildman–Crippen LogP) is 4.22. The Balaban J connectivity index is 2.21. The highest BCUT2D eigenvalue weighted by atomic mass is 79.9. The van der Waals surface area contributed by atoms with Crippen LogP contribution in [0.1, 0.15) is 29.2 Å². The lowest BCUT2D eigenvalue weighted by molar-refractivity contribution is 0.0914. The van der Waals surface area contributed by atoms with Crippen LogP contribution in [0, 0.1) is 0 Å². The zero-order valence-corrected chi connectivity index (χ0v) is 13.6. The van der Waals surface area contributed by atoms with E-state index in [1.807, 2.05) is 32.0 Å². The molecule has 0 saturated heterocycles. The van der Waals surface area contributed by atoms with Gasteiger partial charge in [0.05, 0.1) is 15.6 Å². The number of pyridine rings is 1. The molecule has 0 unspecified atom stereocenters. The largest absolute Gasteiger partial charge is 0.341 e. The summed E-state index contributed by atoms with van der Waals surface area (Å²) in [5, 5.41) is 2.96. The van der Waals surface area contributed by atoms with Crippen molar-refractivity contribution in [2.75, 3.05) is 0 Å². The molecule has 19 heavy (non-hydrogen) atoms. The summed E-state index contributed by atoms with van der Waals surface area (Å²) in [5.74, 6) is -0.167. The van der Waals surface area contributed by atoms with Crippen molar-refractivity contribution in [2.45, 2.75) is 19.4 Å². The van der Waals surface area contributed by atoms with Crippen molar-refractivity contribution < 1.29 is 4.79 Å². The van der Waals surface area contributed by atoms with E-state index in [0.717, 1.165) is 5.69 Å². The van der Waals surface area contributed by atoms with Crippen molar-refractivity contribution in [2.24, 2.45) is 0 Å². The van der Waals surface area contributed by atoms with Crippen LogP contribution in [-0.2, 0) is 5.54 Å². The van der Waals surface area contributed by atoms with Crippen molar-refractivity contribution >= 4 is 44.8 Å². The van der Waals surface area contributed by atoms with Gasteiger partial charge in [0.1, 0.15) is 4.88 Å². The molecule has 0 aliphatic heterocycles. The molecule has 2 heterocycles. The molecule has 0 spiro atoms. The quantitative estimate of drug-likeness (QED) is 0.891. The molecule has 0 aromatic carbocycles. The van der Waals surface area contributed by atoms with E-state index < -0.39 is 5.54 Å². The summed E-state index contributed by atoms with van der Waals surface area (Å²) in [5.41, 5.74) is 0.260. The molecule has 2 rings (SSSR count).